The van der Waals surface area contributed by atoms with Gasteiger partial charge in [0.2, 0.25) is 0 Å². The molecular formula is C13H14N4O2. The van der Waals surface area contributed by atoms with Crippen LogP contribution in [0, 0.1) is 6.92 Å². The van der Waals surface area contributed by atoms with E-state index in [2.05, 4.69) is 20.6 Å². The number of anilines is 3. The summed E-state index contributed by atoms with van der Waals surface area (Å²) in [6.07, 6.45) is 3.05. The van der Waals surface area contributed by atoms with Crippen LogP contribution >= 0.6 is 0 Å². The maximum Gasteiger partial charge on any atom is 0.322 e. The van der Waals surface area contributed by atoms with E-state index in [1.54, 1.807) is 6.20 Å². The second kappa shape index (κ2) is 5.81. The smallest absolute Gasteiger partial charge is 0.322 e. The third-order valence-corrected chi connectivity index (χ3v) is 2.39. The zero-order valence-electron chi connectivity index (χ0n) is 10.4. The van der Waals surface area contributed by atoms with E-state index in [0.29, 0.717) is 11.6 Å². The number of aryl methyl sites for hydroxylation is 1. The molecule has 1 aromatic carbocycles. The molecule has 1 aromatic heterocycles. The van der Waals surface area contributed by atoms with Crippen LogP contribution in [0.5, 0.6) is 0 Å². The van der Waals surface area contributed by atoms with Gasteiger partial charge in [-0.2, -0.15) is 0 Å². The van der Waals surface area contributed by atoms with Crippen molar-refractivity contribution in [3.05, 3.63) is 42.2 Å². The highest BCUT2D eigenvalue weighted by molar-refractivity contribution is 5.75. The molecule has 0 spiro atoms. The molecule has 0 amide bonds. The molecule has 3 N–H and O–H groups in total. The molecule has 0 aliphatic rings. The van der Waals surface area contributed by atoms with Gasteiger partial charge < -0.3 is 15.7 Å². The summed E-state index contributed by atoms with van der Waals surface area (Å²) in [4.78, 5) is 18.8. The molecule has 0 saturated heterocycles. The molecule has 0 radical (unpaired) electrons. The van der Waals surface area contributed by atoms with E-state index in [1.165, 1.54) is 6.20 Å². The molecule has 0 unspecified atom stereocenters. The largest absolute Gasteiger partial charge is 0.480 e. The van der Waals surface area contributed by atoms with Crippen molar-refractivity contribution >= 4 is 23.3 Å². The average molecular weight is 258 g/mol. The summed E-state index contributed by atoms with van der Waals surface area (Å²) in [5.74, 6) is -0.0482. The first-order valence-electron chi connectivity index (χ1n) is 5.75. The Kier molecular flexibility index (Phi) is 3.92. The van der Waals surface area contributed by atoms with Crippen molar-refractivity contribution < 1.29 is 9.90 Å². The molecule has 19 heavy (non-hydrogen) atoms. The van der Waals surface area contributed by atoms with Crippen molar-refractivity contribution in [2.75, 3.05) is 17.2 Å². The number of hydrogen-bond acceptors (Lipinski definition) is 5. The second-order valence-electron chi connectivity index (χ2n) is 4.00. The van der Waals surface area contributed by atoms with Crippen molar-refractivity contribution in [3.8, 4) is 0 Å². The van der Waals surface area contributed by atoms with Gasteiger partial charge in [0.05, 0.1) is 0 Å². The molecule has 98 valence electrons. The SMILES string of the molecule is Cc1cccc(Nc2nccnc2NCC(=O)O)c1. The predicted molar refractivity (Wildman–Crippen MR) is 72.6 cm³/mol. The third-order valence-electron chi connectivity index (χ3n) is 2.39. The van der Waals surface area contributed by atoms with Gasteiger partial charge in [0.25, 0.3) is 0 Å². The lowest BCUT2D eigenvalue weighted by Gasteiger charge is -2.10. The third kappa shape index (κ3) is 3.67. The molecule has 0 fully saturated rings. The highest BCUT2D eigenvalue weighted by atomic mass is 16.4. The van der Waals surface area contributed by atoms with Crippen LogP contribution in [0.1, 0.15) is 5.56 Å². The van der Waals surface area contributed by atoms with E-state index in [9.17, 15) is 4.79 Å². The maximum atomic E-state index is 10.6. The second-order valence-corrected chi connectivity index (χ2v) is 4.00. The van der Waals surface area contributed by atoms with Gasteiger partial charge in [-0.25, -0.2) is 9.97 Å². The quantitative estimate of drug-likeness (QED) is 0.760. The molecule has 0 atom stereocenters. The van der Waals surface area contributed by atoms with Crippen molar-refractivity contribution in [2.45, 2.75) is 6.92 Å². The number of benzene rings is 1. The molecule has 0 aliphatic heterocycles. The topological polar surface area (TPSA) is 87.1 Å². The van der Waals surface area contributed by atoms with Crippen LogP contribution in [0.25, 0.3) is 0 Å². The highest BCUT2D eigenvalue weighted by Crippen LogP contribution is 2.20. The van der Waals surface area contributed by atoms with Gasteiger partial charge in [-0.1, -0.05) is 12.1 Å². The first-order valence-corrected chi connectivity index (χ1v) is 5.75. The molecule has 2 rings (SSSR count). The Labute approximate surface area is 110 Å². The van der Waals surface area contributed by atoms with Crippen LogP contribution in [-0.2, 0) is 4.79 Å². The molecule has 6 heteroatoms. The zero-order chi connectivity index (χ0) is 13.7. The van der Waals surface area contributed by atoms with E-state index >= 15 is 0 Å². The molecule has 0 bridgehead atoms. The molecule has 2 aromatic rings. The Hall–Kier alpha value is -2.63. The van der Waals surface area contributed by atoms with Crippen molar-refractivity contribution in [1.82, 2.24) is 9.97 Å². The molecular weight excluding hydrogens is 244 g/mol. The first kappa shape index (κ1) is 12.8. The molecule has 0 aliphatic carbocycles. The number of hydrogen-bond donors (Lipinski definition) is 3. The lowest BCUT2D eigenvalue weighted by Crippen LogP contribution is -2.14. The Balaban J connectivity index is 2.17. The normalized spacial score (nSPS) is 9.95. The number of carbonyl (C=O) groups is 1. The van der Waals surface area contributed by atoms with Gasteiger partial charge in [0.15, 0.2) is 11.6 Å². The Morgan fingerprint density at radius 3 is 2.68 bits per heavy atom. The van der Waals surface area contributed by atoms with Crippen LogP contribution in [0.15, 0.2) is 36.7 Å². The van der Waals surface area contributed by atoms with Gasteiger partial charge in [-0.3, -0.25) is 4.79 Å². The van der Waals surface area contributed by atoms with Crippen molar-refractivity contribution in [1.29, 1.82) is 0 Å². The van der Waals surface area contributed by atoms with Crippen LogP contribution in [0.3, 0.4) is 0 Å². The summed E-state index contributed by atoms with van der Waals surface area (Å²) in [6, 6.07) is 7.79. The lowest BCUT2D eigenvalue weighted by molar-refractivity contribution is -0.134. The van der Waals surface area contributed by atoms with Gasteiger partial charge in [-0.15, -0.1) is 0 Å². The van der Waals surface area contributed by atoms with Crippen molar-refractivity contribution in [2.24, 2.45) is 0 Å². The maximum absolute atomic E-state index is 10.6. The van der Waals surface area contributed by atoms with Crippen LogP contribution in [0.4, 0.5) is 17.3 Å². The number of nitrogens with zero attached hydrogens (tertiary/aromatic N) is 2. The molecule has 6 nitrogen and oxygen atoms in total. The standard InChI is InChI=1S/C13H14N4O2/c1-9-3-2-4-10(7-9)17-13-12(14-5-6-15-13)16-8-11(18)19/h2-7H,8H2,1H3,(H,14,16)(H,15,17)(H,18,19). The van der Waals surface area contributed by atoms with Crippen LogP contribution in [-0.4, -0.2) is 27.6 Å². The summed E-state index contributed by atoms with van der Waals surface area (Å²) in [6.45, 7) is 1.78. The van der Waals surface area contributed by atoms with Gasteiger partial charge in [-0.05, 0) is 24.6 Å². The van der Waals surface area contributed by atoms with Crippen molar-refractivity contribution in [3.63, 3.8) is 0 Å². The Morgan fingerprint density at radius 1 is 1.26 bits per heavy atom. The van der Waals surface area contributed by atoms with E-state index in [-0.39, 0.29) is 6.54 Å². The van der Waals surface area contributed by atoms with Gasteiger partial charge in [0, 0.05) is 18.1 Å². The molecule has 1 heterocycles. The number of aliphatic carboxylic acids is 1. The number of carboxylic acids is 1. The van der Waals surface area contributed by atoms with E-state index in [4.69, 9.17) is 5.11 Å². The summed E-state index contributed by atoms with van der Waals surface area (Å²) in [5, 5.41) is 14.5. The number of nitrogens with one attached hydrogen (secondary N) is 2. The minimum Gasteiger partial charge on any atom is -0.480 e. The van der Waals surface area contributed by atoms with Gasteiger partial charge >= 0.3 is 5.97 Å². The number of rotatable bonds is 5. The fourth-order valence-electron chi connectivity index (χ4n) is 1.58. The van der Waals surface area contributed by atoms with E-state index < -0.39 is 5.97 Å². The highest BCUT2D eigenvalue weighted by Gasteiger charge is 2.06. The average Bonchev–Trinajstić information content (AvgIpc) is 2.38. The summed E-state index contributed by atoms with van der Waals surface area (Å²) >= 11 is 0. The monoisotopic (exact) mass is 258 g/mol. The number of carboxylic acid groups (broad SMARTS) is 1. The zero-order valence-corrected chi connectivity index (χ0v) is 10.4. The lowest BCUT2D eigenvalue weighted by atomic mass is 10.2. The van der Waals surface area contributed by atoms with Crippen LogP contribution < -0.4 is 10.6 Å². The first-order chi connectivity index (χ1) is 9.15. The summed E-state index contributed by atoms with van der Waals surface area (Å²) in [7, 11) is 0. The summed E-state index contributed by atoms with van der Waals surface area (Å²) in [5.41, 5.74) is 1.99. The number of aromatic nitrogens is 2. The van der Waals surface area contributed by atoms with Gasteiger partial charge in [0.1, 0.15) is 6.54 Å². The van der Waals surface area contributed by atoms with E-state index in [1.807, 2.05) is 31.2 Å². The van der Waals surface area contributed by atoms with E-state index in [0.717, 1.165) is 11.3 Å². The predicted octanol–water partition coefficient (Wildman–Crippen LogP) is 2.03. The fraction of sp³-hybridized carbons (Fsp3) is 0.154. The molecule has 0 saturated carbocycles. The minimum absolute atomic E-state index is 0.207. The Morgan fingerprint density at radius 2 is 2.00 bits per heavy atom. The fourth-order valence-corrected chi connectivity index (χ4v) is 1.58. The summed E-state index contributed by atoms with van der Waals surface area (Å²) < 4.78 is 0. The Bertz CT molecular complexity index is 586. The minimum atomic E-state index is -0.952. The van der Waals surface area contributed by atoms with Crippen LogP contribution in [0.2, 0.25) is 0 Å².